The zero-order valence-electron chi connectivity index (χ0n) is 12.9. The smallest absolute Gasteiger partial charge is 0.416 e. The number of hydrogen-bond donors (Lipinski definition) is 1. The molecule has 2 rings (SSSR count). The predicted molar refractivity (Wildman–Crippen MR) is 81.7 cm³/mol. The number of carbonyl (C=O) groups excluding carboxylic acids is 2. The Kier molecular flexibility index (Phi) is 5.63. The highest BCUT2D eigenvalue weighted by atomic mass is 19.4. The Balaban J connectivity index is 2.07. The summed E-state index contributed by atoms with van der Waals surface area (Å²) in [4.78, 5) is 22.9. The quantitative estimate of drug-likeness (QED) is 0.810. The molecule has 2 N–H and O–H groups in total. The van der Waals surface area contributed by atoms with Gasteiger partial charge >= 0.3 is 12.1 Å². The lowest BCUT2D eigenvalue weighted by molar-refractivity contribution is -0.137. The standard InChI is InChI=1S/C17H14F3NO4/c18-17(19,20)12-5-3-4-11(8-12)9-25-16(23)13-6-1-2-7-14(13)24-10-15(21)22/h1-8H,9-10H2,(H2,21,22). The summed E-state index contributed by atoms with van der Waals surface area (Å²) in [5.74, 6) is -1.42. The molecule has 0 aliphatic heterocycles. The molecule has 0 aromatic heterocycles. The van der Waals surface area contributed by atoms with Crippen LogP contribution in [0.4, 0.5) is 13.2 Å². The van der Waals surface area contributed by atoms with Gasteiger partial charge in [0.15, 0.2) is 6.61 Å². The monoisotopic (exact) mass is 353 g/mol. The highest BCUT2D eigenvalue weighted by Gasteiger charge is 2.30. The van der Waals surface area contributed by atoms with E-state index in [-0.39, 0.29) is 23.5 Å². The predicted octanol–water partition coefficient (Wildman–Crippen LogP) is 2.93. The highest BCUT2D eigenvalue weighted by Crippen LogP contribution is 2.29. The molecule has 0 atom stereocenters. The van der Waals surface area contributed by atoms with Crippen LogP contribution in [0.15, 0.2) is 48.5 Å². The molecule has 8 heteroatoms. The van der Waals surface area contributed by atoms with Gasteiger partial charge in [0.25, 0.3) is 5.91 Å². The first-order valence-electron chi connectivity index (χ1n) is 7.11. The summed E-state index contributed by atoms with van der Waals surface area (Å²) in [5.41, 5.74) is 4.38. The Bertz CT molecular complexity index is 774. The second-order valence-corrected chi connectivity index (χ2v) is 5.03. The second-order valence-electron chi connectivity index (χ2n) is 5.03. The molecule has 0 bridgehead atoms. The van der Waals surface area contributed by atoms with Gasteiger partial charge in [0, 0.05) is 0 Å². The molecule has 0 radical (unpaired) electrons. The lowest BCUT2D eigenvalue weighted by Crippen LogP contribution is -2.21. The number of nitrogens with two attached hydrogens (primary N) is 1. The van der Waals surface area contributed by atoms with Gasteiger partial charge in [0.05, 0.1) is 5.56 Å². The van der Waals surface area contributed by atoms with E-state index in [9.17, 15) is 22.8 Å². The van der Waals surface area contributed by atoms with Crippen molar-refractivity contribution in [1.82, 2.24) is 0 Å². The minimum atomic E-state index is -4.48. The normalized spacial score (nSPS) is 11.0. The average Bonchev–Trinajstić information content (AvgIpc) is 2.57. The number of halogens is 3. The van der Waals surface area contributed by atoms with Crippen molar-refractivity contribution in [2.75, 3.05) is 6.61 Å². The van der Waals surface area contributed by atoms with Crippen LogP contribution in [0.3, 0.4) is 0 Å². The molecule has 2 aromatic carbocycles. The molecule has 0 spiro atoms. The molecule has 0 aliphatic rings. The molecule has 0 aliphatic carbocycles. The van der Waals surface area contributed by atoms with Crippen molar-refractivity contribution >= 4 is 11.9 Å². The number of carbonyl (C=O) groups is 2. The molecule has 5 nitrogen and oxygen atoms in total. The number of amides is 1. The summed E-state index contributed by atoms with van der Waals surface area (Å²) in [7, 11) is 0. The van der Waals surface area contributed by atoms with E-state index in [0.717, 1.165) is 12.1 Å². The molecule has 0 saturated heterocycles. The summed E-state index contributed by atoms with van der Waals surface area (Å²) in [6, 6.07) is 10.5. The number of para-hydroxylation sites is 1. The molecular weight excluding hydrogens is 339 g/mol. The van der Waals surface area contributed by atoms with Crippen molar-refractivity contribution in [3.8, 4) is 5.75 Å². The SMILES string of the molecule is NC(=O)COc1ccccc1C(=O)OCc1cccc(C(F)(F)F)c1. The van der Waals surface area contributed by atoms with Crippen LogP contribution in [-0.2, 0) is 22.3 Å². The van der Waals surface area contributed by atoms with Gasteiger partial charge in [-0.05, 0) is 29.8 Å². The minimum Gasteiger partial charge on any atom is -0.483 e. The summed E-state index contributed by atoms with van der Waals surface area (Å²) in [5, 5.41) is 0. The molecule has 132 valence electrons. The highest BCUT2D eigenvalue weighted by molar-refractivity contribution is 5.92. The van der Waals surface area contributed by atoms with Crippen LogP contribution in [0.25, 0.3) is 0 Å². The van der Waals surface area contributed by atoms with Crippen molar-refractivity contribution in [3.63, 3.8) is 0 Å². The van der Waals surface area contributed by atoms with E-state index in [1.807, 2.05) is 0 Å². The maximum absolute atomic E-state index is 12.7. The average molecular weight is 353 g/mol. The van der Waals surface area contributed by atoms with Gasteiger partial charge < -0.3 is 15.2 Å². The first-order chi connectivity index (χ1) is 11.8. The fraction of sp³-hybridized carbons (Fsp3) is 0.176. The first-order valence-corrected chi connectivity index (χ1v) is 7.11. The van der Waals surface area contributed by atoms with Crippen molar-refractivity contribution in [2.24, 2.45) is 5.73 Å². The summed E-state index contributed by atoms with van der Waals surface area (Å²) in [6.07, 6.45) is -4.48. The zero-order chi connectivity index (χ0) is 18.4. The van der Waals surface area contributed by atoms with Crippen molar-refractivity contribution < 1.29 is 32.2 Å². The lowest BCUT2D eigenvalue weighted by Gasteiger charge is -2.11. The maximum Gasteiger partial charge on any atom is 0.416 e. The molecule has 0 unspecified atom stereocenters. The Morgan fingerprint density at radius 2 is 1.76 bits per heavy atom. The number of rotatable bonds is 6. The van der Waals surface area contributed by atoms with Crippen LogP contribution in [0, 0.1) is 0 Å². The summed E-state index contributed by atoms with van der Waals surface area (Å²) < 4.78 is 48.2. The van der Waals surface area contributed by atoms with Gasteiger partial charge in [-0.15, -0.1) is 0 Å². The molecule has 25 heavy (non-hydrogen) atoms. The molecule has 0 saturated carbocycles. The number of primary amides is 1. The Morgan fingerprint density at radius 1 is 1.04 bits per heavy atom. The van der Waals surface area contributed by atoms with Gasteiger partial charge in [0.2, 0.25) is 0 Å². The Labute approximate surface area is 141 Å². The number of benzene rings is 2. The van der Waals surface area contributed by atoms with Gasteiger partial charge in [-0.25, -0.2) is 4.79 Å². The van der Waals surface area contributed by atoms with E-state index in [0.29, 0.717) is 0 Å². The molecule has 1 amide bonds. The van der Waals surface area contributed by atoms with Gasteiger partial charge in [-0.3, -0.25) is 4.79 Å². The summed E-state index contributed by atoms with van der Waals surface area (Å²) >= 11 is 0. The summed E-state index contributed by atoms with van der Waals surface area (Å²) in [6.45, 7) is -0.759. The van der Waals surface area contributed by atoms with Crippen molar-refractivity contribution in [1.29, 1.82) is 0 Å². The molecule has 0 heterocycles. The zero-order valence-corrected chi connectivity index (χ0v) is 12.9. The van der Waals surface area contributed by atoms with Crippen LogP contribution in [-0.4, -0.2) is 18.5 Å². The first kappa shape index (κ1) is 18.3. The lowest BCUT2D eigenvalue weighted by atomic mass is 10.1. The maximum atomic E-state index is 12.7. The Morgan fingerprint density at radius 3 is 2.44 bits per heavy atom. The molecule has 0 fully saturated rings. The van der Waals surface area contributed by atoms with Crippen LogP contribution in [0.1, 0.15) is 21.5 Å². The Hall–Kier alpha value is -3.03. The fourth-order valence-electron chi connectivity index (χ4n) is 1.97. The minimum absolute atomic E-state index is 0.0377. The molecule has 2 aromatic rings. The van der Waals surface area contributed by atoms with E-state index in [1.54, 1.807) is 12.1 Å². The third-order valence-electron chi connectivity index (χ3n) is 3.10. The van der Waals surface area contributed by atoms with Crippen LogP contribution in [0.2, 0.25) is 0 Å². The van der Waals surface area contributed by atoms with Crippen molar-refractivity contribution in [3.05, 3.63) is 65.2 Å². The third kappa shape index (κ3) is 5.23. The topological polar surface area (TPSA) is 78.6 Å². The number of ether oxygens (including phenoxy) is 2. The molecular formula is C17H14F3NO4. The van der Waals surface area contributed by atoms with Gasteiger partial charge in [-0.1, -0.05) is 24.3 Å². The van der Waals surface area contributed by atoms with Crippen LogP contribution >= 0.6 is 0 Å². The third-order valence-corrected chi connectivity index (χ3v) is 3.10. The van der Waals surface area contributed by atoms with E-state index < -0.39 is 30.2 Å². The van der Waals surface area contributed by atoms with E-state index in [1.165, 1.54) is 24.3 Å². The number of esters is 1. The largest absolute Gasteiger partial charge is 0.483 e. The van der Waals surface area contributed by atoms with E-state index >= 15 is 0 Å². The van der Waals surface area contributed by atoms with E-state index in [4.69, 9.17) is 15.2 Å². The van der Waals surface area contributed by atoms with E-state index in [2.05, 4.69) is 0 Å². The number of alkyl halides is 3. The van der Waals surface area contributed by atoms with Gasteiger partial charge in [0.1, 0.15) is 17.9 Å². The van der Waals surface area contributed by atoms with Crippen molar-refractivity contribution in [2.45, 2.75) is 12.8 Å². The number of hydrogen-bond acceptors (Lipinski definition) is 4. The fourth-order valence-corrected chi connectivity index (χ4v) is 1.97. The van der Waals surface area contributed by atoms with Gasteiger partial charge in [-0.2, -0.15) is 13.2 Å². The second kappa shape index (κ2) is 7.69. The van der Waals surface area contributed by atoms with Crippen LogP contribution in [0.5, 0.6) is 5.75 Å². The van der Waals surface area contributed by atoms with Crippen LogP contribution < -0.4 is 10.5 Å².